The predicted octanol–water partition coefficient (Wildman–Crippen LogP) is 2.11. The van der Waals surface area contributed by atoms with E-state index in [1.54, 1.807) is 4.90 Å². The SMILES string of the molecule is CCNC1CCCN(C(=O)Cc2cccc(F)c2F)C1. The summed E-state index contributed by atoms with van der Waals surface area (Å²) in [4.78, 5) is 13.9. The van der Waals surface area contributed by atoms with Crippen LogP contribution in [-0.4, -0.2) is 36.5 Å². The van der Waals surface area contributed by atoms with Crippen LogP contribution in [0.25, 0.3) is 0 Å². The van der Waals surface area contributed by atoms with Crippen LogP contribution < -0.4 is 5.32 Å². The molecule has 1 aliphatic rings. The lowest BCUT2D eigenvalue weighted by Gasteiger charge is -2.33. The lowest BCUT2D eigenvalue weighted by atomic mass is 10.0. The minimum Gasteiger partial charge on any atom is -0.341 e. The molecule has 3 nitrogen and oxygen atoms in total. The standard InChI is InChI=1S/C15H20F2N2O/c1-2-18-12-6-4-8-19(10-12)14(20)9-11-5-3-7-13(16)15(11)17/h3,5,7,12,18H,2,4,6,8-10H2,1H3. The molecule has 1 saturated heterocycles. The molecule has 1 aromatic carbocycles. The van der Waals surface area contributed by atoms with Gasteiger partial charge in [0, 0.05) is 24.7 Å². The van der Waals surface area contributed by atoms with Gasteiger partial charge in [0.05, 0.1) is 6.42 Å². The highest BCUT2D eigenvalue weighted by Crippen LogP contribution is 2.15. The van der Waals surface area contributed by atoms with Crippen molar-refractivity contribution in [1.82, 2.24) is 10.2 Å². The van der Waals surface area contributed by atoms with Crippen molar-refractivity contribution < 1.29 is 13.6 Å². The average Bonchev–Trinajstić information content (AvgIpc) is 2.44. The molecular weight excluding hydrogens is 262 g/mol. The van der Waals surface area contributed by atoms with Crippen LogP contribution in [-0.2, 0) is 11.2 Å². The zero-order valence-electron chi connectivity index (χ0n) is 11.7. The molecule has 0 aromatic heterocycles. The van der Waals surface area contributed by atoms with Gasteiger partial charge in [0.15, 0.2) is 11.6 Å². The molecule has 1 fully saturated rings. The van der Waals surface area contributed by atoms with Gasteiger partial charge < -0.3 is 10.2 Å². The molecule has 0 bridgehead atoms. The van der Waals surface area contributed by atoms with Gasteiger partial charge in [-0.15, -0.1) is 0 Å². The number of carbonyl (C=O) groups excluding carboxylic acids is 1. The van der Waals surface area contributed by atoms with Crippen LogP contribution in [0.2, 0.25) is 0 Å². The monoisotopic (exact) mass is 282 g/mol. The highest BCUT2D eigenvalue weighted by Gasteiger charge is 2.23. The average molecular weight is 282 g/mol. The first-order valence-corrected chi connectivity index (χ1v) is 7.06. The number of rotatable bonds is 4. The molecular formula is C15H20F2N2O. The highest BCUT2D eigenvalue weighted by atomic mass is 19.2. The third kappa shape index (κ3) is 3.54. The van der Waals surface area contributed by atoms with Gasteiger partial charge in [-0.25, -0.2) is 8.78 Å². The topological polar surface area (TPSA) is 32.3 Å². The molecule has 1 aliphatic heterocycles. The summed E-state index contributed by atoms with van der Waals surface area (Å²) in [6.07, 6.45) is 1.91. The minimum atomic E-state index is -0.916. The van der Waals surface area contributed by atoms with Crippen molar-refractivity contribution in [2.75, 3.05) is 19.6 Å². The number of likely N-dealkylation sites (N-methyl/N-ethyl adjacent to an activating group) is 1. The van der Waals surface area contributed by atoms with Crippen molar-refractivity contribution in [1.29, 1.82) is 0 Å². The summed E-state index contributed by atoms with van der Waals surface area (Å²) in [6, 6.07) is 4.25. The zero-order valence-corrected chi connectivity index (χ0v) is 11.7. The van der Waals surface area contributed by atoms with Gasteiger partial charge in [-0.05, 0) is 25.5 Å². The van der Waals surface area contributed by atoms with Crippen LogP contribution in [0.5, 0.6) is 0 Å². The predicted molar refractivity (Wildman–Crippen MR) is 73.3 cm³/mol. The molecule has 0 spiro atoms. The maximum atomic E-state index is 13.6. The lowest BCUT2D eigenvalue weighted by Crippen LogP contribution is -2.48. The Morgan fingerprint density at radius 2 is 2.25 bits per heavy atom. The Morgan fingerprint density at radius 1 is 1.45 bits per heavy atom. The van der Waals surface area contributed by atoms with Gasteiger partial charge in [0.1, 0.15) is 0 Å². The summed E-state index contributed by atoms with van der Waals surface area (Å²) in [7, 11) is 0. The third-order valence-corrected chi connectivity index (χ3v) is 3.64. The Kier molecular flexibility index (Phi) is 5.06. The zero-order chi connectivity index (χ0) is 14.5. The molecule has 110 valence electrons. The van der Waals surface area contributed by atoms with Crippen LogP contribution in [0.4, 0.5) is 8.78 Å². The fraction of sp³-hybridized carbons (Fsp3) is 0.533. The molecule has 0 saturated carbocycles. The minimum absolute atomic E-state index is 0.0809. The van der Waals surface area contributed by atoms with E-state index < -0.39 is 11.6 Å². The molecule has 2 rings (SSSR count). The van der Waals surface area contributed by atoms with Crippen LogP contribution in [0.1, 0.15) is 25.3 Å². The highest BCUT2D eigenvalue weighted by molar-refractivity contribution is 5.79. The van der Waals surface area contributed by atoms with E-state index in [9.17, 15) is 13.6 Å². The number of nitrogens with one attached hydrogen (secondary N) is 1. The number of carbonyl (C=O) groups is 1. The first kappa shape index (κ1) is 14.9. The number of piperidine rings is 1. The first-order chi connectivity index (χ1) is 9.61. The number of hydrogen-bond donors (Lipinski definition) is 1. The summed E-state index contributed by atoms with van der Waals surface area (Å²) >= 11 is 0. The van der Waals surface area contributed by atoms with E-state index in [2.05, 4.69) is 5.32 Å². The Balaban J connectivity index is 1.99. The molecule has 5 heteroatoms. The van der Waals surface area contributed by atoms with Gasteiger partial charge >= 0.3 is 0 Å². The molecule has 0 radical (unpaired) electrons. The van der Waals surface area contributed by atoms with Crippen molar-refractivity contribution in [3.63, 3.8) is 0 Å². The second-order valence-electron chi connectivity index (χ2n) is 5.13. The Hall–Kier alpha value is -1.49. The second-order valence-corrected chi connectivity index (χ2v) is 5.13. The number of amides is 1. The molecule has 1 N–H and O–H groups in total. The van der Waals surface area contributed by atoms with E-state index in [0.29, 0.717) is 19.1 Å². The second kappa shape index (κ2) is 6.79. The summed E-state index contributed by atoms with van der Waals surface area (Å²) in [5.74, 6) is -1.96. The van der Waals surface area contributed by atoms with Crippen LogP contribution >= 0.6 is 0 Å². The quantitative estimate of drug-likeness (QED) is 0.917. The van der Waals surface area contributed by atoms with E-state index in [1.165, 1.54) is 12.1 Å². The molecule has 1 amide bonds. The van der Waals surface area contributed by atoms with Gasteiger partial charge in [-0.3, -0.25) is 4.79 Å². The van der Waals surface area contributed by atoms with E-state index in [4.69, 9.17) is 0 Å². The molecule has 1 unspecified atom stereocenters. The van der Waals surface area contributed by atoms with E-state index in [-0.39, 0.29) is 17.9 Å². The Morgan fingerprint density at radius 3 is 3.00 bits per heavy atom. The Labute approximate surface area is 118 Å². The van der Waals surface area contributed by atoms with E-state index in [0.717, 1.165) is 25.5 Å². The van der Waals surface area contributed by atoms with Crippen molar-refractivity contribution in [2.45, 2.75) is 32.2 Å². The number of likely N-dealkylation sites (tertiary alicyclic amines) is 1. The maximum Gasteiger partial charge on any atom is 0.227 e. The number of nitrogens with zero attached hydrogens (tertiary/aromatic N) is 1. The van der Waals surface area contributed by atoms with Crippen LogP contribution in [0.15, 0.2) is 18.2 Å². The van der Waals surface area contributed by atoms with Crippen molar-refractivity contribution in [2.24, 2.45) is 0 Å². The number of hydrogen-bond acceptors (Lipinski definition) is 2. The molecule has 1 aromatic rings. The molecule has 20 heavy (non-hydrogen) atoms. The smallest absolute Gasteiger partial charge is 0.227 e. The molecule has 0 aliphatic carbocycles. The molecule has 1 atom stereocenters. The maximum absolute atomic E-state index is 13.6. The van der Waals surface area contributed by atoms with Gasteiger partial charge in [0.25, 0.3) is 0 Å². The van der Waals surface area contributed by atoms with Crippen molar-refractivity contribution in [3.8, 4) is 0 Å². The van der Waals surface area contributed by atoms with Gasteiger partial charge in [0.2, 0.25) is 5.91 Å². The summed E-state index contributed by atoms with van der Waals surface area (Å²) in [6.45, 7) is 4.23. The number of halogens is 2. The summed E-state index contributed by atoms with van der Waals surface area (Å²) in [5.41, 5.74) is 0.126. The summed E-state index contributed by atoms with van der Waals surface area (Å²) in [5, 5.41) is 3.33. The summed E-state index contributed by atoms with van der Waals surface area (Å²) < 4.78 is 26.7. The van der Waals surface area contributed by atoms with Crippen molar-refractivity contribution in [3.05, 3.63) is 35.4 Å². The fourth-order valence-electron chi connectivity index (χ4n) is 2.62. The van der Waals surface area contributed by atoms with Gasteiger partial charge in [-0.1, -0.05) is 19.1 Å². The third-order valence-electron chi connectivity index (χ3n) is 3.64. The van der Waals surface area contributed by atoms with Gasteiger partial charge in [-0.2, -0.15) is 0 Å². The molecule has 1 heterocycles. The van der Waals surface area contributed by atoms with E-state index >= 15 is 0 Å². The Bertz CT molecular complexity index is 477. The largest absolute Gasteiger partial charge is 0.341 e. The first-order valence-electron chi connectivity index (χ1n) is 7.06. The van der Waals surface area contributed by atoms with Crippen LogP contribution in [0.3, 0.4) is 0 Å². The van der Waals surface area contributed by atoms with Crippen LogP contribution in [0, 0.1) is 11.6 Å². The normalized spacial score (nSPS) is 19.1. The van der Waals surface area contributed by atoms with E-state index in [1.807, 2.05) is 6.92 Å². The fourth-order valence-corrected chi connectivity index (χ4v) is 2.62. The van der Waals surface area contributed by atoms with Crippen molar-refractivity contribution >= 4 is 5.91 Å². The number of benzene rings is 1. The lowest BCUT2D eigenvalue weighted by molar-refractivity contribution is -0.131.